The molecule has 0 saturated carbocycles. The number of rotatable bonds is 3. The lowest BCUT2D eigenvalue weighted by atomic mass is 9.97. The van der Waals surface area contributed by atoms with Crippen LogP contribution in [0.3, 0.4) is 0 Å². The number of fused-ring (bicyclic) bond motifs is 2. The van der Waals surface area contributed by atoms with E-state index in [9.17, 15) is 4.79 Å². The van der Waals surface area contributed by atoms with Crippen molar-refractivity contribution in [2.75, 3.05) is 18.6 Å². The number of nitrogens with one attached hydrogen (secondary N) is 1. The van der Waals surface area contributed by atoms with Gasteiger partial charge in [0.05, 0.1) is 48.4 Å². The van der Waals surface area contributed by atoms with Gasteiger partial charge in [0.2, 0.25) is 0 Å². The maximum Gasteiger partial charge on any atom is 0.310 e. The number of carbonyl (C=O) groups excluding carboxylic acids is 1. The van der Waals surface area contributed by atoms with Crippen molar-refractivity contribution in [3.8, 4) is 0 Å². The summed E-state index contributed by atoms with van der Waals surface area (Å²) in [5, 5.41) is 12.9. The molecule has 1 aromatic carbocycles. The first-order valence-electron chi connectivity index (χ1n) is 7.93. The highest BCUT2D eigenvalue weighted by Gasteiger charge is 2.31. The third-order valence-electron chi connectivity index (χ3n) is 4.64. The van der Waals surface area contributed by atoms with Crippen LogP contribution in [0, 0.1) is 5.92 Å². The molecule has 124 valence electrons. The summed E-state index contributed by atoms with van der Waals surface area (Å²) in [7, 11) is 3.38. The number of carbonyl (C=O) groups is 1. The zero-order valence-corrected chi connectivity index (χ0v) is 13.7. The Balaban J connectivity index is 1.69. The predicted molar refractivity (Wildman–Crippen MR) is 89.6 cm³/mol. The van der Waals surface area contributed by atoms with Crippen LogP contribution in [-0.2, 0) is 29.5 Å². The lowest BCUT2D eigenvalue weighted by Crippen LogP contribution is -2.39. The Hall–Kier alpha value is -2.83. The number of aryl methyl sites for hydroxylation is 1. The van der Waals surface area contributed by atoms with E-state index in [1.807, 2.05) is 30.1 Å². The van der Waals surface area contributed by atoms with Gasteiger partial charge in [-0.25, -0.2) is 0 Å². The quantitative estimate of drug-likeness (QED) is 0.741. The molecule has 0 aliphatic carbocycles. The van der Waals surface area contributed by atoms with Crippen molar-refractivity contribution in [3.05, 3.63) is 41.9 Å². The molecule has 7 heteroatoms. The van der Waals surface area contributed by atoms with Crippen molar-refractivity contribution >= 4 is 22.6 Å². The van der Waals surface area contributed by atoms with Gasteiger partial charge >= 0.3 is 5.97 Å². The number of ether oxygens (including phenoxy) is 1. The van der Waals surface area contributed by atoms with Crippen LogP contribution in [0.5, 0.6) is 0 Å². The van der Waals surface area contributed by atoms with Crippen LogP contribution in [0.2, 0.25) is 0 Å². The van der Waals surface area contributed by atoms with E-state index < -0.39 is 0 Å². The number of benzene rings is 1. The minimum absolute atomic E-state index is 0.189. The van der Waals surface area contributed by atoms with Gasteiger partial charge in [-0.05, 0) is 6.07 Å². The average Bonchev–Trinajstić information content (AvgIpc) is 3.20. The smallest absolute Gasteiger partial charge is 0.310 e. The number of anilines is 1. The lowest BCUT2D eigenvalue weighted by Gasteiger charge is -2.32. The Labute approximate surface area is 139 Å². The average molecular weight is 325 g/mol. The maximum absolute atomic E-state index is 12.0. The molecular formula is C17H19N5O2. The molecule has 1 N–H and O–H groups in total. The molecule has 1 atom stereocenters. The second kappa shape index (κ2) is 5.67. The molecule has 3 aromatic rings. The molecule has 1 unspecified atom stereocenters. The number of aromatic amines is 1. The molecule has 2 aromatic heterocycles. The van der Waals surface area contributed by atoms with Crippen molar-refractivity contribution < 1.29 is 9.53 Å². The summed E-state index contributed by atoms with van der Waals surface area (Å²) in [6.07, 6.45) is 2.44. The van der Waals surface area contributed by atoms with Gasteiger partial charge in [-0.2, -0.15) is 10.2 Å². The van der Waals surface area contributed by atoms with E-state index in [-0.39, 0.29) is 11.9 Å². The molecule has 0 spiro atoms. The Bertz CT molecular complexity index is 897. The van der Waals surface area contributed by atoms with Crippen LogP contribution in [0.15, 0.2) is 30.5 Å². The second-order valence-electron chi connectivity index (χ2n) is 6.13. The summed E-state index contributed by atoms with van der Waals surface area (Å²) in [6.45, 7) is 1.23. The zero-order chi connectivity index (χ0) is 16.7. The fourth-order valence-corrected chi connectivity index (χ4v) is 3.47. The van der Waals surface area contributed by atoms with Crippen LogP contribution < -0.4 is 4.90 Å². The third-order valence-corrected chi connectivity index (χ3v) is 4.64. The van der Waals surface area contributed by atoms with Crippen molar-refractivity contribution in [1.82, 2.24) is 20.0 Å². The molecule has 1 aliphatic rings. The molecule has 0 radical (unpaired) electrons. The highest BCUT2D eigenvalue weighted by atomic mass is 16.5. The SMILES string of the molecule is COC(=O)C1Cc2[nH]ncc2N(Cc2nn(C)c3ccccc23)C1. The number of nitrogens with zero attached hydrogens (tertiary/aromatic N) is 4. The topological polar surface area (TPSA) is 76.0 Å². The van der Waals surface area contributed by atoms with Gasteiger partial charge in [-0.3, -0.25) is 14.6 Å². The summed E-state index contributed by atoms with van der Waals surface area (Å²) in [6, 6.07) is 8.17. The van der Waals surface area contributed by atoms with Crippen molar-refractivity contribution in [2.24, 2.45) is 13.0 Å². The number of hydrogen-bond acceptors (Lipinski definition) is 5. The molecule has 24 heavy (non-hydrogen) atoms. The summed E-state index contributed by atoms with van der Waals surface area (Å²) < 4.78 is 6.83. The first kappa shape index (κ1) is 14.7. The number of esters is 1. The van der Waals surface area contributed by atoms with Crippen molar-refractivity contribution in [1.29, 1.82) is 0 Å². The minimum atomic E-state index is -0.196. The van der Waals surface area contributed by atoms with Gasteiger partial charge in [0.1, 0.15) is 0 Å². The van der Waals surface area contributed by atoms with Gasteiger partial charge in [-0.15, -0.1) is 0 Å². The molecule has 1 aliphatic heterocycles. The summed E-state index contributed by atoms with van der Waals surface area (Å²) in [4.78, 5) is 14.2. The van der Waals surface area contributed by atoms with Gasteiger partial charge in [0, 0.05) is 25.4 Å². The molecule has 0 fully saturated rings. The molecule has 0 bridgehead atoms. The van der Waals surface area contributed by atoms with Crippen LogP contribution in [0.1, 0.15) is 11.4 Å². The molecule has 0 saturated heterocycles. The number of para-hydroxylation sites is 1. The van der Waals surface area contributed by atoms with E-state index in [4.69, 9.17) is 4.74 Å². The molecule has 4 rings (SSSR count). The van der Waals surface area contributed by atoms with Crippen molar-refractivity contribution in [2.45, 2.75) is 13.0 Å². The van der Waals surface area contributed by atoms with Gasteiger partial charge in [-0.1, -0.05) is 18.2 Å². The van der Waals surface area contributed by atoms with Gasteiger partial charge in [0.25, 0.3) is 0 Å². The zero-order valence-electron chi connectivity index (χ0n) is 13.7. The van der Waals surface area contributed by atoms with Crippen molar-refractivity contribution in [3.63, 3.8) is 0 Å². The number of methoxy groups -OCH3 is 1. The number of H-pyrrole nitrogens is 1. The molecular weight excluding hydrogens is 306 g/mol. The molecule has 7 nitrogen and oxygen atoms in total. The number of hydrogen-bond donors (Lipinski definition) is 1. The van der Waals surface area contributed by atoms with Crippen LogP contribution in [-0.4, -0.2) is 39.6 Å². The Morgan fingerprint density at radius 3 is 3.08 bits per heavy atom. The van der Waals surface area contributed by atoms with Crippen LogP contribution in [0.4, 0.5) is 5.69 Å². The first-order chi connectivity index (χ1) is 11.7. The minimum Gasteiger partial charge on any atom is -0.469 e. The standard InChI is InChI=1S/C17H19N5O2/c1-21-15-6-4-3-5-12(15)14(20-21)10-22-9-11(17(23)24-2)7-13-16(22)8-18-19-13/h3-6,8,11H,7,9-10H2,1-2H3,(H,18,19). The predicted octanol–water partition coefficient (Wildman–Crippen LogP) is 1.65. The monoisotopic (exact) mass is 325 g/mol. The number of aromatic nitrogens is 4. The first-order valence-corrected chi connectivity index (χ1v) is 7.93. The van der Waals surface area contributed by atoms with E-state index in [2.05, 4.69) is 32.3 Å². The normalized spacial score (nSPS) is 17.1. The van der Waals surface area contributed by atoms with Gasteiger partial charge < -0.3 is 9.64 Å². The van der Waals surface area contributed by atoms with Gasteiger partial charge in [0.15, 0.2) is 0 Å². The summed E-state index contributed by atoms with van der Waals surface area (Å²) >= 11 is 0. The third kappa shape index (κ3) is 2.33. The van der Waals surface area contributed by atoms with E-state index in [0.717, 1.165) is 28.0 Å². The summed E-state index contributed by atoms with van der Waals surface area (Å²) in [5.74, 6) is -0.385. The highest BCUT2D eigenvalue weighted by Crippen LogP contribution is 2.30. The molecule has 0 amide bonds. The largest absolute Gasteiger partial charge is 0.469 e. The van der Waals surface area contributed by atoms with E-state index >= 15 is 0 Å². The second-order valence-corrected chi connectivity index (χ2v) is 6.13. The van der Waals surface area contributed by atoms with E-state index in [1.165, 1.54) is 7.11 Å². The highest BCUT2D eigenvalue weighted by molar-refractivity contribution is 5.82. The summed E-state index contributed by atoms with van der Waals surface area (Å²) in [5.41, 5.74) is 4.09. The van der Waals surface area contributed by atoms with Crippen LogP contribution >= 0.6 is 0 Å². The van der Waals surface area contributed by atoms with E-state index in [0.29, 0.717) is 19.5 Å². The Morgan fingerprint density at radius 2 is 2.25 bits per heavy atom. The maximum atomic E-state index is 12.0. The Morgan fingerprint density at radius 1 is 1.42 bits per heavy atom. The fraction of sp³-hybridized carbons (Fsp3) is 0.353. The fourth-order valence-electron chi connectivity index (χ4n) is 3.47. The Kier molecular flexibility index (Phi) is 3.48. The van der Waals surface area contributed by atoms with Crippen LogP contribution in [0.25, 0.3) is 10.9 Å². The lowest BCUT2D eigenvalue weighted by molar-refractivity contribution is -0.145. The van der Waals surface area contributed by atoms with E-state index in [1.54, 1.807) is 0 Å². The molecule has 3 heterocycles.